The van der Waals surface area contributed by atoms with Gasteiger partial charge >= 0.3 is 0 Å². The number of fused-ring (bicyclic) bond motifs is 2. The fourth-order valence-electron chi connectivity index (χ4n) is 5.18. The summed E-state index contributed by atoms with van der Waals surface area (Å²) in [6, 6.07) is 20.4. The third-order valence-corrected chi connectivity index (χ3v) is 9.85. The van der Waals surface area contributed by atoms with E-state index in [0.717, 1.165) is 27.8 Å². The Kier molecular flexibility index (Phi) is 5.35. The van der Waals surface area contributed by atoms with Gasteiger partial charge in [0.25, 0.3) is 0 Å². The van der Waals surface area contributed by atoms with Crippen LogP contribution in [0.4, 0.5) is 0 Å². The van der Waals surface area contributed by atoms with Crippen molar-refractivity contribution >= 4 is 15.4 Å². The predicted octanol–water partition coefficient (Wildman–Crippen LogP) is 5.46. The quantitative estimate of drug-likeness (QED) is 0.587. The van der Waals surface area contributed by atoms with Crippen LogP contribution in [0.3, 0.4) is 0 Å². The lowest BCUT2D eigenvalue weighted by atomic mass is 9.86. The maximum absolute atomic E-state index is 14.0. The van der Waals surface area contributed by atoms with Crippen molar-refractivity contribution in [2.75, 3.05) is 13.7 Å². The van der Waals surface area contributed by atoms with Crippen LogP contribution in [0.5, 0.6) is 0 Å². The van der Waals surface area contributed by atoms with Crippen LogP contribution < -0.4 is 0 Å². The number of allylic oxidation sites excluding steroid dienone is 3. The minimum atomic E-state index is -3.62. The van der Waals surface area contributed by atoms with Crippen molar-refractivity contribution in [3.63, 3.8) is 0 Å². The number of hydrogen-bond donors (Lipinski definition) is 0. The summed E-state index contributed by atoms with van der Waals surface area (Å²) < 4.78 is 31.5. The van der Waals surface area contributed by atoms with Gasteiger partial charge in [0.15, 0.2) is 9.84 Å². The smallest absolute Gasteiger partial charge is 0.167 e. The molecular weight excluding hydrogens is 404 g/mol. The Bertz CT molecular complexity index is 1110. The molecule has 162 valence electrons. The van der Waals surface area contributed by atoms with Gasteiger partial charge in [0.05, 0.1) is 11.4 Å². The van der Waals surface area contributed by atoms with Gasteiger partial charge in [-0.15, -0.1) is 0 Å². The van der Waals surface area contributed by atoms with Crippen LogP contribution in [-0.2, 0) is 14.6 Å². The molecule has 1 saturated carbocycles. The second kappa shape index (κ2) is 7.61. The summed E-state index contributed by atoms with van der Waals surface area (Å²) in [5.74, 6) is -0.447. The molecule has 0 radical (unpaired) electrons. The fraction of sp³-hybridized carbons (Fsp3) is 0.333. The summed E-state index contributed by atoms with van der Waals surface area (Å²) in [5.41, 5.74) is 5.07. The normalized spacial score (nSPS) is 25.3. The number of benzene rings is 2. The summed E-state index contributed by atoms with van der Waals surface area (Å²) in [6.45, 7) is 9.75. The lowest BCUT2D eigenvalue weighted by Gasteiger charge is -2.40. The molecule has 4 rings (SSSR count). The first-order valence-corrected chi connectivity index (χ1v) is 12.1. The summed E-state index contributed by atoms with van der Waals surface area (Å²) in [7, 11) is -2.05. The maximum atomic E-state index is 14.0. The number of methoxy groups -OCH3 is 1. The Morgan fingerprint density at radius 3 is 1.94 bits per heavy atom. The van der Waals surface area contributed by atoms with E-state index < -0.39 is 19.3 Å². The Morgan fingerprint density at radius 2 is 1.48 bits per heavy atom. The van der Waals surface area contributed by atoms with E-state index in [1.807, 2.05) is 36.4 Å². The highest BCUT2D eigenvalue weighted by atomic mass is 32.2. The highest BCUT2D eigenvalue weighted by Gasteiger charge is 2.64. The first-order valence-electron chi connectivity index (χ1n) is 10.6. The van der Waals surface area contributed by atoms with Crippen LogP contribution in [-0.4, -0.2) is 31.6 Å². The van der Waals surface area contributed by atoms with E-state index in [9.17, 15) is 8.42 Å². The van der Waals surface area contributed by atoms with E-state index >= 15 is 0 Å². The highest BCUT2D eigenvalue weighted by molar-refractivity contribution is 7.94. The standard InChI is InChI=1S/C27H30O3S/c1-19-22-16-17-23(27(19,18-30-5)31(28,29)26(2,3)4)25(22)24(20-12-8-6-9-13-20)21-14-10-7-11-15-21/h6-17,22-23H,1,18H2,2-5H3/t22-,23-,27-/m1/s1. The number of ether oxygens (including phenoxy) is 1. The van der Waals surface area contributed by atoms with Gasteiger partial charge in [-0.1, -0.05) is 79.4 Å². The molecule has 4 heteroatoms. The zero-order chi connectivity index (χ0) is 22.4. The number of rotatable bonds is 5. The van der Waals surface area contributed by atoms with Crippen molar-refractivity contribution in [3.8, 4) is 0 Å². The Morgan fingerprint density at radius 1 is 0.968 bits per heavy atom. The van der Waals surface area contributed by atoms with Crippen molar-refractivity contribution in [1.29, 1.82) is 0 Å². The topological polar surface area (TPSA) is 43.4 Å². The largest absolute Gasteiger partial charge is 0.383 e. The van der Waals surface area contributed by atoms with E-state index in [1.165, 1.54) is 0 Å². The summed E-state index contributed by atoms with van der Waals surface area (Å²) >= 11 is 0. The molecule has 1 fully saturated rings. The van der Waals surface area contributed by atoms with Crippen LogP contribution in [0.1, 0.15) is 31.9 Å². The first kappa shape index (κ1) is 21.8. The Balaban J connectivity index is 2.05. The third kappa shape index (κ3) is 3.07. The zero-order valence-electron chi connectivity index (χ0n) is 18.6. The molecular formula is C27H30O3S. The van der Waals surface area contributed by atoms with Gasteiger partial charge in [-0.25, -0.2) is 8.42 Å². The van der Waals surface area contributed by atoms with Gasteiger partial charge in [0.1, 0.15) is 4.75 Å². The second-order valence-corrected chi connectivity index (χ2v) is 12.3. The van der Waals surface area contributed by atoms with Crippen molar-refractivity contribution in [2.45, 2.75) is 30.3 Å². The van der Waals surface area contributed by atoms with E-state index in [0.29, 0.717) is 0 Å². The molecule has 0 saturated heterocycles. The minimum Gasteiger partial charge on any atom is -0.383 e. The molecule has 0 aromatic heterocycles. The van der Waals surface area contributed by atoms with Gasteiger partial charge in [-0.05, 0) is 48.6 Å². The van der Waals surface area contributed by atoms with Gasteiger partial charge in [0.2, 0.25) is 0 Å². The molecule has 2 aromatic carbocycles. The molecule has 0 heterocycles. The molecule has 2 aromatic rings. The van der Waals surface area contributed by atoms with Crippen LogP contribution in [0.25, 0.3) is 5.57 Å². The van der Waals surface area contributed by atoms with Gasteiger partial charge < -0.3 is 4.74 Å². The molecule has 2 aliphatic rings. The molecule has 0 N–H and O–H groups in total. The molecule has 31 heavy (non-hydrogen) atoms. The van der Waals surface area contributed by atoms with Crippen molar-refractivity contribution < 1.29 is 13.2 Å². The lowest BCUT2D eigenvalue weighted by Crippen LogP contribution is -2.54. The monoisotopic (exact) mass is 434 g/mol. The molecule has 0 spiro atoms. The maximum Gasteiger partial charge on any atom is 0.167 e. The molecule has 3 atom stereocenters. The van der Waals surface area contributed by atoms with Crippen molar-refractivity contribution in [3.05, 3.63) is 102 Å². The van der Waals surface area contributed by atoms with Crippen LogP contribution in [0.2, 0.25) is 0 Å². The first-order chi connectivity index (χ1) is 14.7. The summed E-state index contributed by atoms with van der Waals surface area (Å²) in [4.78, 5) is 0. The molecule has 3 nitrogen and oxygen atoms in total. The lowest BCUT2D eigenvalue weighted by molar-refractivity contribution is 0.167. The predicted molar refractivity (Wildman–Crippen MR) is 127 cm³/mol. The minimum absolute atomic E-state index is 0.0945. The van der Waals surface area contributed by atoms with Crippen LogP contribution in [0, 0.1) is 11.8 Å². The Hall–Kier alpha value is -2.43. The number of sulfone groups is 1. The molecule has 0 aliphatic heterocycles. The van der Waals surface area contributed by atoms with Crippen molar-refractivity contribution in [1.82, 2.24) is 0 Å². The number of hydrogen-bond acceptors (Lipinski definition) is 3. The summed E-state index contributed by atoms with van der Waals surface area (Å²) in [5, 5.41) is 0. The van der Waals surface area contributed by atoms with Crippen LogP contribution >= 0.6 is 0 Å². The van der Waals surface area contributed by atoms with E-state index in [1.54, 1.807) is 27.9 Å². The van der Waals surface area contributed by atoms with E-state index in [4.69, 9.17) is 4.74 Å². The molecule has 2 bridgehead atoms. The Labute approximate surface area is 186 Å². The zero-order valence-corrected chi connectivity index (χ0v) is 19.4. The third-order valence-electron chi connectivity index (χ3n) is 6.65. The van der Waals surface area contributed by atoms with Gasteiger partial charge in [-0.3, -0.25) is 0 Å². The van der Waals surface area contributed by atoms with E-state index in [-0.39, 0.29) is 18.4 Å². The average Bonchev–Trinajstić information content (AvgIpc) is 3.25. The highest BCUT2D eigenvalue weighted by Crippen LogP contribution is 2.61. The fourth-order valence-corrected chi connectivity index (χ4v) is 7.56. The van der Waals surface area contributed by atoms with E-state index in [2.05, 4.69) is 43.0 Å². The average molecular weight is 435 g/mol. The van der Waals surface area contributed by atoms with Gasteiger partial charge in [-0.2, -0.15) is 0 Å². The molecule has 2 aliphatic carbocycles. The van der Waals surface area contributed by atoms with Crippen LogP contribution in [0.15, 0.2) is 90.5 Å². The SMILES string of the molecule is C=C1[C@H]2C=C[C@H](C2=C(c2ccccc2)c2ccccc2)[C@]1(COC)S(=O)(=O)C(C)(C)C. The van der Waals surface area contributed by atoms with Crippen molar-refractivity contribution in [2.24, 2.45) is 11.8 Å². The molecule has 0 amide bonds. The summed E-state index contributed by atoms with van der Waals surface area (Å²) in [6.07, 6.45) is 4.17. The van der Waals surface area contributed by atoms with Gasteiger partial charge in [0, 0.05) is 18.9 Å². The second-order valence-electron chi connectivity index (χ2n) is 9.37. The molecule has 0 unspecified atom stereocenters.